The first-order valence-electron chi connectivity index (χ1n) is 6.14. The van der Waals surface area contributed by atoms with Crippen molar-refractivity contribution in [3.05, 3.63) is 48.1 Å². The van der Waals surface area contributed by atoms with Crippen molar-refractivity contribution in [1.29, 1.82) is 0 Å². The van der Waals surface area contributed by atoms with Gasteiger partial charge in [-0.05, 0) is 18.2 Å². The van der Waals surface area contributed by atoms with Crippen LogP contribution in [0.25, 0.3) is 0 Å². The number of nitrogens with two attached hydrogens (primary N) is 1. The van der Waals surface area contributed by atoms with E-state index in [-0.39, 0.29) is 17.1 Å². The molecule has 8 heteroatoms. The molecule has 0 amide bonds. The van der Waals surface area contributed by atoms with Crippen molar-refractivity contribution in [2.24, 2.45) is 11.7 Å². The Balaban J connectivity index is 2.54. The number of nitrogens with zero attached hydrogens (tertiary/aromatic N) is 3. The molecule has 0 aliphatic heterocycles. The van der Waals surface area contributed by atoms with Crippen LogP contribution in [0.2, 0.25) is 0 Å². The molecule has 2 atom stereocenters. The van der Waals surface area contributed by atoms with Crippen LogP contribution in [0.4, 0.5) is 8.78 Å². The maximum Gasteiger partial charge on any atom is 0.137 e. The van der Waals surface area contributed by atoms with Gasteiger partial charge < -0.3 is 10.8 Å². The summed E-state index contributed by atoms with van der Waals surface area (Å²) >= 11 is 4.89. The molecule has 0 bridgehead atoms. The third-order valence-electron chi connectivity index (χ3n) is 3.41. The van der Waals surface area contributed by atoms with E-state index in [1.807, 2.05) is 0 Å². The van der Waals surface area contributed by atoms with Crippen molar-refractivity contribution in [2.45, 2.75) is 19.1 Å². The van der Waals surface area contributed by atoms with Crippen molar-refractivity contribution in [3.63, 3.8) is 0 Å². The van der Waals surface area contributed by atoms with Gasteiger partial charge in [0.15, 0.2) is 0 Å². The molecule has 2 aromatic rings. The summed E-state index contributed by atoms with van der Waals surface area (Å²) in [6.07, 6.45) is 2.63. The number of aromatic nitrogens is 3. The molecule has 21 heavy (non-hydrogen) atoms. The maximum absolute atomic E-state index is 14.1. The largest absolute Gasteiger partial charge is 0.393 e. The molecule has 0 saturated heterocycles. The van der Waals surface area contributed by atoms with Gasteiger partial charge >= 0.3 is 0 Å². The first kappa shape index (κ1) is 15.5. The van der Waals surface area contributed by atoms with E-state index < -0.39 is 23.2 Å². The van der Waals surface area contributed by atoms with Crippen molar-refractivity contribution in [2.75, 3.05) is 0 Å². The van der Waals surface area contributed by atoms with Crippen LogP contribution in [0.15, 0.2) is 30.9 Å². The normalized spacial score (nSPS) is 15.4. The van der Waals surface area contributed by atoms with E-state index >= 15 is 0 Å². The van der Waals surface area contributed by atoms with Gasteiger partial charge in [0.2, 0.25) is 0 Å². The van der Waals surface area contributed by atoms with Crippen molar-refractivity contribution in [3.8, 4) is 0 Å². The fourth-order valence-corrected chi connectivity index (χ4v) is 2.28. The number of hydrogen-bond acceptors (Lipinski definition) is 4. The molecule has 0 aliphatic rings. The lowest BCUT2D eigenvalue weighted by molar-refractivity contribution is -0.0155. The van der Waals surface area contributed by atoms with Crippen LogP contribution in [-0.2, 0) is 12.1 Å². The monoisotopic (exact) mass is 312 g/mol. The molecular formula is C13H14F2N4OS. The Morgan fingerprint density at radius 3 is 2.81 bits per heavy atom. The molecule has 0 spiro atoms. The Bertz CT molecular complexity index is 650. The highest BCUT2D eigenvalue weighted by Gasteiger charge is 2.40. The SMILES string of the molecule is CC(C(N)=S)[C@](O)(Cn1cncn1)c1cc(F)ccc1F. The molecular weight excluding hydrogens is 298 g/mol. The van der Waals surface area contributed by atoms with Gasteiger partial charge in [0, 0.05) is 11.5 Å². The van der Waals surface area contributed by atoms with E-state index in [1.165, 1.54) is 17.3 Å². The fraction of sp³-hybridized carbons (Fsp3) is 0.308. The Labute approximate surface area is 125 Å². The molecule has 1 heterocycles. The van der Waals surface area contributed by atoms with Gasteiger partial charge in [-0.3, -0.25) is 0 Å². The minimum atomic E-state index is -1.84. The minimum absolute atomic E-state index is 0.0127. The molecule has 0 fully saturated rings. The van der Waals surface area contributed by atoms with Crippen LogP contribution in [-0.4, -0.2) is 24.9 Å². The predicted molar refractivity (Wildman–Crippen MR) is 76.2 cm³/mol. The van der Waals surface area contributed by atoms with E-state index in [4.69, 9.17) is 18.0 Å². The van der Waals surface area contributed by atoms with Gasteiger partial charge in [0.05, 0.1) is 11.5 Å². The maximum atomic E-state index is 14.1. The molecule has 0 saturated carbocycles. The zero-order chi connectivity index (χ0) is 15.6. The number of thiocarbonyl (C=S) groups is 1. The molecule has 1 aromatic heterocycles. The lowest BCUT2D eigenvalue weighted by atomic mass is 9.81. The Hall–Kier alpha value is -1.93. The molecule has 1 aromatic carbocycles. The predicted octanol–water partition coefficient (Wildman–Crippen LogP) is 1.37. The van der Waals surface area contributed by atoms with Crippen molar-refractivity contribution in [1.82, 2.24) is 14.8 Å². The fourth-order valence-electron chi connectivity index (χ4n) is 2.08. The molecule has 0 radical (unpaired) electrons. The quantitative estimate of drug-likeness (QED) is 0.815. The average molecular weight is 312 g/mol. The third kappa shape index (κ3) is 3.06. The average Bonchev–Trinajstić information content (AvgIpc) is 2.93. The zero-order valence-corrected chi connectivity index (χ0v) is 12.0. The third-order valence-corrected chi connectivity index (χ3v) is 3.76. The van der Waals surface area contributed by atoms with E-state index in [0.717, 1.165) is 18.2 Å². The highest BCUT2D eigenvalue weighted by Crippen LogP contribution is 2.34. The molecule has 112 valence electrons. The molecule has 1 unspecified atom stereocenters. The lowest BCUT2D eigenvalue weighted by Crippen LogP contribution is -2.44. The van der Waals surface area contributed by atoms with Gasteiger partial charge in [-0.15, -0.1) is 0 Å². The Kier molecular flexibility index (Phi) is 4.29. The summed E-state index contributed by atoms with van der Waals surface area (Å²) in [6.45, 7) is 1.38. The molecule has 3 N–H and O–H groups in total. The second-order valence-corrected chi connectivity index (χ2v) is 5.24. The van der Waals surface area contributed by atoms with Crippen molar-refractivity contribution < 1.29 is 13.9 Å². The molecule has 5 nitrogen and oxygen atoms in total. The van der Waals surface area contributed by atoms with Crippen LogP contribution < -0.4 is 5.73 Å². The van der Waals surface area contributed by atoms with Crippen LogP contribution in [0.3, 0.4) is 0 Å². The van der Waals surface area contributed by atoms with Crippen LogP contribution in [0.5, 0.6) is 0 Å². The molecule has 2 rings (SSSR count). The summed E-state index contributed by atoms with van der Waals surface area (Å²) < 4.78 is 28.8. The van der Waals surface area contributed by atoms with Gasteiger partial charge in [0.25, 0.3) is 0 Å². The summed E-state index contributed by atoms with van der Waals surface area (Å²) in [4.78, 5) is 3.74. The van der Waals surface area contributed by atoms with Gasteiger partial charge in [0.1, 0.15) is 29.9 Å². The number of rotatable bonds is 5. The van der Waals surface area contributed by atoms with Crippen LogP contribution in [0, 0.1) is 17.6 Å². The zero-order valence-electron chi connectivity index (χ0n) is 11.2. The van der Waals surface area contributed by atoms with Gasteiger partial charge in [-0.1, -0.05) is 19.1 Å². The van der Waals surface area contributed by atoms with Crippen LogP contribution >= 0.6 is 12.2 Å². The highest BCUT2D eigenvalue weighted by atomic mass is 32.1. The van der Waals surface area contributed by atoms with E-state index in [0.29, 0.717) is 0 Å². The summed E-state index contributed by atoms with van der Waals surface area (Å²) in [5.74, 6) is -2.21. The van der Waals surface area contributed by atoms with E-state index in [2.05, 4.69) is 10.1 Å². The lowest BCUT2D eigenvalue weighted by Gasteiger charge is -2.34. The Morgan fingerprint density at radius 2 is 2.24 bits per heavy atom. The number of halogens is 2. The number of aliphatic hydroxyl groups is 1. The summed E-state index contributed by atoms with van der Waals surface area (Å²) in [5, 5.41) is 14.8. The topological polar surface area (TPSA) is 77.0 Å². The highest BCUT2D eigenvalue weighted by molar-refractivity contribution is 7.80. The van der Waals surface area contributed by atoms with Gasteiger partial charge in [-0.25, -0.2) is 18.4 Å². The second kappa shape index (κ2) is 5.82. The summed E-state index contributed by atoms with van der Waals surface area (Å²) in [6, 6.07) is 2.85. The van der Waals surface area contributed by atoms with Crippen LogP contribution in [0.1, 0.15) is 12.5 Å². The Morgan fingerprint density at radius 1 is 1.52 bits per heavy atom. The number of hydrogen-bond donors (Lipinski definition) is 2. The summed E-state index contributed by atoms with van der Waals surface area (Å²) in [7, 11) is 0. The van der Waals surface area contributed by atoms with Crippen molar-refractivity contribution >= 4 is 17.2 Å². The standard InChI is InChI=1S/C13H14F2N4OS/c1-8(12(16)21)13(20,5-19-7-17-6-18-19)10-4-9(14)2-3-11(10)15/h2-4,6-8,20H,5H2,1H3,(H2,16,21)/t8?,13-/m1/s1. The second-order valence-electron chi connectivity index (χ2n) is 4.77. The van der Waals surface area contributed by atoms with Gasteiger partial charge in [-0.2, -0.15) is 5.10 Å². The number of benzene rings is 1. The molecule has 0 aliphatic carbocycles. The first-order chi connectivity index (χ1) is 9.84. The summed E-state index contributed by atoms with van der Waals surface area (Å²) in [5.41, 5.74) is 3.52. The van der Waals surface area contributed by atoms with E-state index in [1.54, 1.807) is 6.92 Å². The van der Waals surface area contributed by atoms with E-state index in [9.17, 15) is 13.9 Å². The first-order valence-corrected chi connectivity index (χ1v) is 6.55. The smallest absolute Gasteiger partial charge is 0.137 e. The minimum Gasteiger partial charge on any atom is -0.393 e.